The van der Waals surface area contributed by atoms with Gasteiger partial charge in [-0.3, -0.25) is 4.79 Å². The minimum atomic E-state index is -4.07. The highest BCUT2D eigenvalue weighted by Gasteiger charge is 2.23. The maximum atomic E-state index is 12.2. The fourth-order valence-electron chi connectivity index (χ4n) is 2.45. The molecule has 8 heteroatoms. The molecular weight excluding hydrogens is 357 g/mol. The first-order chi connectivity index (χ1) is 9.79. The summed E-state index contributed by atoms with van der Waals surface area (Å²) in [7, 11) is 1.22. The lowest BCUT2D eigenvalue weighted by molar-refractivity contribution is 0.0947. The van der Waals surface area contributed by atoms with Crippen molar-refractivity contribution in [3.8, 4) is 0 Å². The van der Waals surface area contributed by atoms with Crippen molar-refractivity contribution in [1.29, 1.82) is 0 Å². The monoisotopic (exact) mass is 369 g/mol. The third-order valence-electron chi connectivity index (χ3n) is 3.54. The van der Waals surface area contributed by atoms with E-state index in [0.717, 1.165) is 18.9 Å². The van der Waals surface area contributed by atoms with Gasteiger partial charge < -0.3 is 5.32 Å². The van der Waals surface area contributed by atoms with Crippen LogP contribution in [0.4, 0.5) is 0 Å². The van der Waals surface area contributed by atoms with Crippen molar-refractivity contribution in [1.82, 2.24) is 5.32 Å². The van der Waals surface area contributed by atoms with Crippen molar-refractivity contribution >= 4 is 48.8 Å². The molecule has 1 N–H and O–H groups in total. The van der Waals surface area contributed by atoms with E-state index >= 15 is 0 Å². The average Bonchev–Trinajstić information content (AvgIpc) is 2.90. The molecule has 1 aliphatic rings. The first-order valence-electron chi connectivity index (χ1n) is 6.51. The molecule has 1 saturated carbocycles. The summed E-state index contributed by atoms with van der Waals surface area (Å²) >= 11 is 11.8. The van der Waals surface area contributed by atoms with Gasteiger partial charge in [0.15, 0.2) is 0 Å². The van der Waals surface area contributed by atoms with Crippen LogP contribution in [0.2, 0.25) is 10.0 Å². The van der Waals surface area contributed by atoms with Crippen LogP contribution in [0.3, 0.4) is 0 Å². The molecule has 0 radical (unpaired) electrons. The van der Waals surface area contributed by atoms with E-state index in [4.69, 9.17) is 33.9 Å². The minimum Gasteiger partial charge on any atom is -0.352 e. The van der Waals surface area contributed by atoms with E-state index in [1.165, 1.54) is 18.9 Å². The predicted octanol–water partition coefficient (Wildman–Crippen LogP) is 3.84. The van der Waals surface area contributed by atoms with Gasteiger partial charge in [0.1, 0.15) is 4.90 Å². The topological polar surface area (TPSA) is 63.2 Å². The molecule has 0 spiro atoms. The molecule has 1 aromatic rings. The third-order valence-corrected chi connectivity index (χ3v) is 5.62. The highest BCUT2D eigenvalue weighted by atomic mass is 35.7. The van der Waals surface area contributed by atoms with Crippen LogP contribution in [0.25, 0.3) is 0 Å². The fourth-order valence-corrected chi connectivity index (χ4v) is 4.31. The Kier molecular flexibility index (Phi) is 5.41. The van der Waals surface area contributed by atoms with Crippen LogP contribution >= 0.6 is 33.9 Å². The highest BCUT2D eigenvalue weighted by molar-refractivity contribution is 8.13. The lowest BCUT2D eigenvalue weighted by Crippen LogP contribution is -2.28. The fraction of sp³-hybridized carbons (Fsp3) is 0.462. The van der Waals surface area contributed by atoms with Crippen molar-refractivity contribution in [3.05, 3.63) is 27.7 Å². The van der Waals surface area contributed by atoms with Crippen LogP contribution in [0, 0.1) is 5.92 Å². The minimum absolute atomic E-state index is 0.0152. The molecule has 1 amide bonds. The van der Waals surface area contributed by atoms with Crippen molar-refractivity contribution < 1.29 is 13.2 Å². The second-order valence-electron chi connectivity index (χ2n) is 5.06. The molecule has 1 aliphatic carbocycles. The van der Waals surface area contributed by atoms with Crippen LogP contribution in [-0.2, 0) is 9.05 Å². The Morgan fingerprint density at radius 1 is 1.24 bits per heavy atom. The lowest BCUT2D eigenvalue weighted by Gasteiger charge is -2.12. The number of rotatable bonds is 4. The predicted molar refractivity (Wildman–Crippen MR) is 83.8 cm³/mol. The largest absolute Gasteiger partial charge is 0.352 e. The van der Waals surface area contributed by atoms with Crippen molar-refractivity contribution in [3.63, 3.8) is 0 Å². The Bertz CT molecular complexity index is 655. The number of carbonyl (C=O) groups is 1. The van der Waals surface area contributed by atoms with Gasteiger partial charge in [0, 0.05) is 22.2 Å². The maximum absolute atomic E-state index is 12.2. The number of benzene rings is 1. The number of nitrogens with one attached hydrogen (secondary N) is 1. The van der Waals surface area contributed by atoms with Crippen LogP contribution in [0.5, 0.6) is 0 Å². The van der Waals surface area contributed by atoms with Crippen LogP contribution in [0.1, 0.15) is 36.0 Å². The second-order valence-corrected chi connectivity index (χ2v) is 8.41. The van der Waals surface area contributed by atoms with Crippen molar-refractivity contribution in [2.45, 2.75) is 30.6 Å². The number of amides is 1. The van der Waals surface area contributed by atoms with E-state index in [2.05, 4.69) is 5.32 Å². The molecule has 21 heavy (non-hydrogen) atoms. The first-order valence-corrected chi connectivity index (χ1v) is 9.57. The normalized spacial score (nSPS) is 16.1. The number of carbonyl (C=O) groups excluding carboxylic acids is 1. The van der Waals surface area contributed by atoms with Gasteiger partial charge in [-0.2, -0.15) is 0 Å². The van der Waals surface area contributed by atoms with E-state index in [1.54, 1.807) is 0 Å². The summed E-state index contributed by atoms with van der Waals surface area (Å²) in [5.74, 6) is 0.0131. The Balaban J connectivity index is 2.22. The average molecular weight is 371 g/mol. The molecule has 0 atom stereocenters. The molecule has 4 nitrogen and oxygen atoms in total. The molecule has 0 heterocycles. The zero-order valence-electron chi connectivity index (χ0n) is 11.0. The summed E-state index contributed by atoms with van der Waals surface area (Å²) < 4.78 is 22.9. The van der Waals surface area contributed by atoms with Gasteiger partial charge in [-0.15, -0.1) is 0 Å². The molecule has 1 aromatic carbocycles. The molecule has 2 rings (SSSR count). The third kappa shape index (κ3) is 4.25. The molecule has 0 aromatic heterocycles. The van der Waals surface area contributed by atoms with E-state index in [-0.39, 0.29) is 20.5 Å². The molecule has 0 aliphatic heterocycles. The molecule has 0 bridgehead atoms. The summed E-state index contributed by atoms with van der Waals surface area (Å²) in [6.45, 7) is 0.546. The molecule has 1 fully saturated rings. The van der Waals surface area contributed by atoms with Crippen LogP contribution in [-0.4, -0.2) is 20.9 Å². The van der Waals surface area contributed by atoms with Gasteiger partial charge in [0.05, 0.1) is 10.6 Å². The zero-order valence-corrected chi connectivity index (χ0v) is 14.1. The Hall–Kier alpha value is -0.490. The van der Waals surface area contributed by atoms with E-state index in [9.17, 15) is 13.2 Å². The first kappa shape index (κ1) is 16.9. The standard InChI is InChI=1S/C13H14Cl3NO3S/c14-9-5-10(12(15)11(6-9)21(16,19)20)13(18)17-7-8-3-1-2-4-8/h5-6,8H,1-4,7H2,(H,17,18). The molecule has 0 unspecified atom stereocenters. The van der Waals surface area contributed by atoms with Crippen molar-refractivity contribution in [2.75, 3.05) is 6.54 Å². The summed E-state index contributed by atoms with van der Waals surface area (Å²) in [6.07, 6.45) is 4.52. The molecular formula is C13H14Cl3NO3S. The number of hydrogen-bond donors (Lipinski definition) is 1. The van der Waals surface area contributed by atoms with E-state index in [0.29, 0.717) is 12.5 Å². The molecule has 116 valence electrons. The van der Waals surface area contributed by atoms with Gasteiger partial charge in [-0.1, -0.05) is 36.0 Å². The summed E-state index contributed by atoms with van der Waals surface area (Å²) in [5.41, 5.74) is 0.0152. The highest BCUT2D eigenvalue weighted by Crippen LogP contribution is 2.31. The van der Waals surface area contributed by atoms with Gasteiger partial charge >= 0.3 is 0 Å². The lowest BCUT2D eigenvalue weighted by atomic mass is 10.1. The Morgan fingerprint density at radius 2 is 1.86 bits per heavy atom. The SMILES string of the molecule is O=C(NCC1CCCC1)c1cc(Cl)cc(S(=O)(=O)Cl)c1Cl. The zero-order chi connectivity index (χ0) is 15.6. The summed E-state index contributed by atoms with van der Waals surface area (Å²) in [4.78, 5) is 11.8. The van der Waals surface area contributed by atoms with Gasteiger partial charge in [-0.05, 0) is 30.9 Å². The smallest absolute Gasteiger partial charge is 0.262 e. The van der Waals surface area contributed by atoms with Gasteiger partial charge in [-0.25, -0.2) is 8.42 Å². The van der Waals surface area contributed by atoms with Crippen molar-refractivity contribution in [2.24, 2.45) is 5.92 Å². The summed E-state index contributed by atoms with van der Waals surface area (Å²) in [6, 6.07) is 2.46. The Labute approximate surface area is 138 Å². The van der Waals surface area contributed by atoms with Gasteiger partial charge in [0.2, 0.25) is 0 Å². The second kappa shape index (κ2) is 6.73. The molecule has 0 saturated heterocycles. The quantitative estimate of drug-likeness (QED) is 0.819. The van der Waals surface area contributed by atoms with E-state index < -0.39 is 15.0 Å². The van der Waals surface area contributed by atoms with Crippen LogP contribution < -0.4 is 5.32 Å². The Morgan fingerprint density at radius 3 is 2.43 bits per heavy atom. The number of hydrogen-bond acceptors (Lipinski definition) is 3. The summed E-state index contributed by atoms with van der Waals surface area (Å²) in [5, 5.41) is 2.65. The van der Waals surface area contributed by atoms with E-state index in [1.807, 2.05) is 0 Å². The van der Waals surface area contributed by atoms with Gasteiger partial charge in [0.25, 0.3) is 15.0 Å². The maximum Gasteiger partial charge on any atom is 0.262 e. The van der Waals surface area contributed by atoms with Crippen LogP contribution in [0.15, 0.2) is 17.0 Å². The number of halogens is 3.